The lowest BCUT2D eigenvalue weighted by molar-refractivity contribution is -0.122. The van der Waals surface area contributed by atoms with E-state index in [0.717, 1.165) is 0 Å². The van der Waals surface area contributed by atoms with E-state index in [1.165, 1.54) is 5.56 Å². The van der Waals surface area contributed by atoms with Crippen LogP contribution in [0.25, 0.3) is 0 Å². The van der Waals surface area contributed by atoms with Crippen molar-refractivity contribution in [2.75, 3.05) is 0 Å². The van der Waals surface area contributed by atoms with E-state index in [2.05, 4.69) is 6.58 Å². The van der Waals surface area contributed by atoms with Gasteiger partial charge in [-0.3, -0.25) is 4.79 Å². The summed E-state index contributed by atoms with van der Waals surface area (Å²) in [6.45, 7) is 7.67. The Morgan fingerprint density at radius 3 is 2.40 bits per heavy atom. The lowest BCUT2D eigenvalue weighted by atomic mass is 9.91. The molecule has 80 valence electrons. The molecule has 0 aliphatic rings. The minimum atomic E-state index is 0.108. The van der Waals surface area contributed by atoms with Crippen molar-refractivity contribution in [3.63, 3.8) is 0 Å². The smallest absolute Gasteiger partial charge is 0.136 e. The SMILES string of the molecule is C=CC(CC(=O)C(C)C)c1ccccc1. The fourth-order valence-electron chi connectivity index (χ4n) is 1.49. The van der Waals surface area contributed by atoms with E-state index in [1.807, 2.05) is 50.3 Å². The number of hydrogen-bond acceptors (Lipinski definition) is 1. The molecule has 0 N–H and O–H groups in total. The number of Topliss-reactive ketones (excluding diaryl/α,β-unsaturated/α-hetero) is 1. The van der Waals surface area contributed by atoms with Gasteiger partial charge < -0.3 is 0 Å². The van der Waals surface area contributed by atoms with Crippen LogP contribution >= 0.6 is 0 Å². The third-order valence-electron chi connectivity index (χ3n) is 2.58. The molecule has 0 saturated carbocycles. The maximum absolute atomic E-state index is 11.6. The van der Waals surface area contributed by atoms with Crippen molar-refractivity contribution >= 4 is 5.78 Å². The number of rotatable bonds is 5. The molecule has 0 spiro atoms. The van der Waals surface area contributed by atoms with Gasteiger partial charge in [-0.05, 0) is 5.56 Å². The molecular formula is C14H18O. The third kappa shape index (κ3) is 3.35. The van der Waals surface area contributed by atoms with Crippen molar-refractivity contribution in [2.24, 2.45) is 5.92 Å². The van der Waals surface area contributed by atoms with Gasteiger partial charge in [0.2, 0.25) is 0 Å². The van der Waals surface area contributed by atoms with E-state index >= 15 is 0 Å². The summed E-state index contributed by atoms with van der Waals surface area (Å²) in [5, 5.41) is 0. The zero-order chi connectivity index (χ0) is 11.3. The third-order valence-corrected chi connectivity index (χ3v) is 2.58. The molecule has 0 aromatic heterocycles. The summed E-state index contributed by atoms with van der Waals surface area (Å²) in [5.74, 6) is 0.556. The fourth-order valence-corrected chi connectivity index (χ4v) is 1.49. The topological polar surface area (TPSA) is 17.1 Å². The van der Waals surface area contributed by atoms with E-state index in [9.17, 15) is 4.79 Å². The Kier molecular flexibility index (Phi) is 4.29. The molecule has 1 unspecified atom stereocenters. The summed E-state index contributed by atoms with van der Waals surface area (Å²) in [6.07, 6.45) is 2.42. The van der Waals surface area contributed by atoms with Crippen LogP contribution in [0.15, 0.2) is 43.0 Å². The van der Waals surface area contributed by atoms with Crippen molar-refractivity contribution in [2.45, 2.75) is 26.2 Å². The molecule has 15 heavy (non-hydrogen) atoms. The Balaban J connectivity index is 2.73. The second kappa shape index (κ2) is 5.50. The second-order valence-electron chi connectivity index (χ2n) is 4.08. The highest BCUT2D eigenvalue weighted by Crippen LogP contribution is 2.22. The molecule has 1 aromatic carbocycles. The van der Waals surface area contributed by atoms with Crippen molar-refractivity contribution in [3.8, 4) is 0 Å². The maximum Gasteiger partial charge on any atom is 0.136 e. The monoisotopic (exact) mass is 202 g/mol. The Morgan fingerprint density at radius 2 is 1.93 bits per heavy atom. The number of benzene rings is 1. The van der Waals surface area contributed by atoms with Crippen LogP contribution in [0.5, 0.6) is 0 Å². The summed E-state index contributed by atoms with van der Waals surface area (Å²) < 4.78 is 0. The number of hydrogen-bond donors (Lipinski definition) is 0. The quantitative estimate of drug-likeness (QED) is 0.667. The highest BCUT2D eigenvalue weighted by atomic mass is 16.1. The fraction of sp³-hybridized carbons (Fsp3) is 0.357. The molecule has 0 aliphatic heterocycles. The lowest BCUT2D eigenvalue weighted by Gasteiger charge is -2.13. The van der Waals surface area contributed by atoms with Crippen LogP contribution in [0.4, 0.5) is 0 Å². The standard InChI is InChI=1S/C14H18O/c1-4-12(10-14(15)11(2)3)13-8-6-5-7-9-13/h4-9,11-12H,1,10H2,2-3H3. The van der Waals surface area contributed by atoms with Gasteiger partial charge in [0.15, 0.2) is 0 Å². The van der Waals surface area contributed by atoms with Gasteiger partial charge in [-0.15, -0.1) is 6.58 Å². The van der Waals surface area contributed by atoms with E-state index in [0.29, 0.717) is 12.2 Å². The van der Waals surface area contributed by atoms with Gasteiger partial charge in [0.1, 0.15) is 5.78 Å². The van der Waals surface area contributed by atoms with Crippen molar-refractivity contribution < 1.29 is 4.79 Å². The molecule has 0 fully saturated rings. The minimum absolute atomic E-state index is 0.108. The van der Waals surface area contributed by atoms with Crippen molar-refractivity contribution in [1.29, 1.82) is 0 Å². The van der Waals surface area contributed by atoms with Crippen LogP contribution in [0, 0.1) is 5.92 Å². The first kappa shape index (κ1) is 11.7. The average molecular weight is 202 g/mol. The van der Waals surface area contributed by atoms with Gasteiger partial charge in [-0.2, -0.15) is 0 Å². The van der Waals surface area contributed by atoms with Gasteiger partial charge in [-0.25, -0.2) is 0 Å². The van der Waals surface area contributed by atoms with Crippen molar-refractivity contribution in [1.82, 2.24) is 0 Å². The van der Waals surface area contributed by atoms with E-state index < -0.39 is 0 Å². The Labute approximate surface area is 91.8 Å². The zero-order valence-electron chi connectivity index (χ0n) is 9.44. The van der Waals surface area contributed by atoms with Gasteiger partial charge in [0.25, 0.3) is 0 Å². The van der Waals surface area contributed by atoms with Crippen LogP contribution in [0.2, 0.25) is 0 Å². The normalized spacial score (nSPS) is 12.5. The van der Waals surface area contributed by atoms with Gasteiger partial charge in [0, 0.05) is 18.3 Å². The first-order valence-electron chi connectivity index (χ1n) is 5.35. The molecule has 0 bridgehead atoms. The second-order valence-corrected chi connectivity index (χ2v) is 4.08. The number of ketones is 1. The number of allylic oxidation sites excluding steroid dienone is 1. The largest absolute Gasteiger partial charge is 0.299 e. The molecule has 1 aromatic rings. The Hall–Kier alpha value is -1.37. The molecule has 0 saturated heterocycles. The number of carbonyl (C=O) groups is 1. The number of carbonyl (C=O) groups excluding carboxylic acids is 1. The van der Waals surface area contributed by atoms with E-state index in [1.54, 1.807) is 0 Å². The maximum atomic E-state index is 11.6. The van der Waals surface area contributed by atoms with Crippen LogP contribution < -0.4 is 0 Å². The predicted octanol–water partition coefficient (Wildman–Crippen LogP) is 3.57. The molecule has 0 heterocycles. The first-order chi connectivity index (χ1) is 7.15. The summed E-state index contributed by atoms with van der Waals surface area (Å²) in [4.78, 5) is 11.6. The van der Waals surface area contributed by atoms with Gasteiger partial charge >= 0.3 is 0 Å². The van der Waals surface area contributed by atoms with Crippen LogP contribution in [-0.2, 0) is 4.79 Å². The molecule has 1 atom stereocenters. The first-order valence-corrected chi connectivity index (χ1v) is 5.35. The molecular weight excluding hydrogens is 184 g/mol. The lowest BCUT2D eigenvalue weighted by Crippen LogP contribution is -2.11. The van der Waals surface area contributed by atoms with E-state index in [-0.39, 0.29) is 11.8 Å². The summed E-state index contributed by atoms with van der Waals surface area (Å²) in [6, 6.07) is 10.0. The molecule has 0 radical (unpaired) electrons. The molecule has 1 heteroatoms. The summed E-state index contributed by atoms with van der Waals surface area (Å²) in [7, 11) is 0. The Morgan fingerprint density at radius 1 is 1.33 bits per heavy atom. The summed E-state index contributed by atoms with van der Waals surface area (Å²) in [5.41, 5.74) is 1.17. The van der Waals surface area contributed by atoms with Gasteiger partial charge in [-0.1, -0.05) is 50.3 Å². The highest BCUT2D eigenvalue weighted by molar-refractivity contribution is 5.81. The molecule has 0 aliphatic carbocycles. The summed E-state index contributed by atoms with van der Waals surface area (Å²) >= 11 is 0. The minimum Gasteiger partial charge on any atom is -0.299 e. The van der Waals surface area contributed by atoms with E-state index in [4.69, 9.17) is 0 Å². The van der Waals surface area contributed by atoms with Crippen LogP contribution in [0.3, 0.4) is 0 Å². The van der Waals surface area contributed by atoms with Gasteiger partial charge in [0.05, 0.1) is 0 Å². The van der Waals surface area contributed by atoms with Crippen LogP contribution in [0.1, 0.15) is 31.7 Å². The molecule has 1 rings (SSSR count). The predicted molar refractivity (Wildman–Crippen MR) is 63.8 cm³/mol. The average Bonchev–Trinajstić information content (AvgIpc) is 2.26. The Bertz CT molecular complexity index is 324. The highest BCUT2D eigenvalue weighted by Gasteiger charge is 2.14. The van der Waals surface area contributed by atoms with Crippen LogP contribution in [-0.4, -0.2) is 5.78 Å². The molecule has 1 nitrogen and oxygen atoms in total. The zero-order valence-corrected chi connectivity index (χ0v) is 9.44. The van der Waals surface area contributed by atoms with Crippen molar-refractivity contribution in [3.05, 3.63) is 48.6 Å². The molecule has 0 amide bonds.